The zero-order valence-corrected chi connectivity index (χ0v) is 10.9. The van der Waals surface area contributed by atoms with Gasteiger partial charge in [-0.3, -0.25) is 14.7 Å². The molecule has 0 spiro atoms. The van der Waals surface area contributed by atoms with Gasteiger partial charge in [-0.2, -0.15) is 0 Å². The van der Waals surface area contributed by atoms with E-state index in [1.807, 2.05) is 6.07 Å². The fourth-order valence-electron chi connectivity index (χ4n) is 2.29. The summed E-state index contributed by atoms with van der Waals surface area (Å²) >= 11 is 0. The first-order valence-corrected chi connectivity index (χ1v) is 6.53. The van der Waals surface area contributed by atoms with Crippen LogP contribution in [-0.2, 0) is 9.53 Å². The molecule has 1 saturated heterocycles. The van der Waals surface area contributed by atoms with Crippen LogP contribution in [0.1, 0.15) is 12.8 Å². The van der Waals surface area contributed by atoms with Gasteiger partial charge in [-0.05, 0) is 18.9 Å². The van der Waals surface area contributed by atoms with Gasteiger partial charge in [-0.25, -0.2) is 0 Å². The van der Waals surface area contributed by atoms with Crippen molar-refractivity contribution in [2.45, 2.75) is 18.9 Å². The van der Waals surface area contributed by atoms with Gasteiger partial charge in [0.15, 0.2) is 0 Å². The normalized spacial score (nSPS) is 17.1. The summed E-state index contributed by atoms with van der Waals surface area (Å²) in [6.07, 6.45) is 5.52. The van der Waals surface area contributed by atoms with Crippen LogP contribution >= 0.6 is 0 Å². The van der Waals surface area contributed by atoms with Crippen LogP contribution in [0.25, 0.3) is 0 Å². The standard InChI is InChI=1S/C13H20N4O2/c14-12-9-15-4-1-13(12)16-11-2-5-17(6-3-11)7-8-19-10-18/h1,4,9-11H,2-3,5-8,14H2,(H,15,16). The minimum Gasteiger partial charge on any atom is -0.467 e. The zero-order chi connectivity index (χ0) is 13.5. The quantitative estimate of drug-likeness (QED) is 0.582. The molecule has 2 heterocycles. The number of hydrogen-bond donors (Lipinski definition) is 2. The highest BCUT2D eigenvalue weighted by Gasteiger charge is 2.19. The first-order chi connectivity index (χ1) is 9.29. The van der Waals surface area contributed by atoms with E-state index < -0.39 is 0 Å². The second-order valence-corrected chi connectivity index (χ2v) is 4.69. The minimum atomic E-state index is 0.438. The number of carbonyl (C=O) groups is 1. The predicted molar refractivity (Wildman–Crippen MR) is 73.8 cm³/mol. The van der Waals surface area contributed by atoms with Gasteiger partial charge < -0.3 is 15.8 Å². The summed E-state index contributed by atoms with van der Waals surface area (Å²) in [4.78, 5) is 16.3. The molecule has 0 atom stereocenters. The van der Waals surface area contributed by atoms with E-state index in [1.54, 1.807) is 12.4 Å². The largest absolute Gasteiger partial charge is 0.467 e. The van der Waals surface area contributed by atoms with Crippen molar-refractivity contribution in [1.82, 2.24) is 9.88 Å². The van der Waals surface area contributed by atoms with Crippen LogP contribution in [0.4, 0.5) is 11.4 Å². The van der Waals surface area contributed by atoms with Gasteiger partial charge in [0.1, 0.15) is 6.61 Å². The topological polar surface area (TPSA) is 80.5 Å². The number of piperidine rings is 1. The monoisotopic (exact) mass is 264 g/mol. The summed E-state index contributed by atoms with van der Waals surface area (Å²) < 4.78 is 4.71. The highest BCUT2D eigenvalue weighted by molar-refractivity contribution is 5.64. The van der Waals surface area contributed by atoms with Crippen LogP contribution in [0.3, 0.4) is 0 Å². The molecule has 6 heteroatoms. The average molecular weight is 264 g/mol. The maximum atomic E-state index is 10.1. The average Bonchev–Trinajstić information content (AvgIpc) is 2.44. The summed E-state index contributed by atoms with van der Waals surface area (Å²) in [6.45, 7) is 3.79. The van der Waals surface area contributed by atoms with Crippen LogP contribution in [-0.4, -0.2) is 48.6 Å². The van der Waals surface area contributed by atoms with Crippen molar-refractivity contribution in [3.8, 4) is 0 Å². The molecule has 1 aromatic heterocycles. The number of aromatic nitrogens is 1. The molecule has 1 aromatic rings. The van der Waals surface area contributed by atoms with Gasteiger partial charge in [0.2, 0.25) is 0 Å². The fraction of sp³-hybridized carbons (Fsp3) is 0.538. The van der Waals surface area contributed by atoms with Crippen LogP contribution in [0.5, 0.6) is 0 Å². The lowest BCUT2D eigenvalue weighted by molar-refractivity contribution is -0.129. The molecule has 1 aliphatic heterocycles. The molecule has 0 radical (unpaired) electrons. The van der Waals surface area contributed by atoms with E-state index in [9.17, 15) is 4.79 Å². The number of nitrogen functional groups attached to an aromatic ring is 1. The molecule has 0 saturated carbocycles. The number of nitrogens with two attached hydrogens (primary N) is 1. The highest BCUT2D eigenvalue weighted by Crippen LogP contribution is 2.20. The Bertz CT molecular complexity index is 405. The smallest absolute Gasteiger partial charge is 0.293 e. The van der Waals surface area contributed by atoms with Gasteiger partial charge in [0, 0.05) is 31.9 Å². The first-order valence-electron chi connectivity index (χ1n) is 6.53. The molecule has 6 nitrogen and oxygen atoms in total. The lowest BCUT2D eigenvalue weighted by atomic mass is 10.0. The van der Waals surface area contributed by atoms with E-state index in [1.165, 1.54) is 0 Å². The Balaban J connectivity index is 1.74. The Morgan fingerprint density at radius 2 is 2.32 bits per heavy atom. The van der Waals surface area contributed by atoms with Crippen molar-refractivity contribution in [2.24, 2.45) is 0 Å². The summed E-state index contributed by atoms with van der Waals surface area (Å²) in [7, 11) is 0. The molecular weight excluding hydrogens is 244 g/mol. The summed E-state index contributed by atoms with van der Waals surface area (Å²) in [5, 5.41) is 3.46. The lowest BCUT2D eigenvalue weighted by Gasteiger charge is -2.32. The second kappa shape index (κ2) is 6.94. The number of rotatable bonds is 6. The number of likely N-dealkylation sites (tertiary alicyclic amines) is 1. The fourth-order valence-corrected chi connectivity index (χ4v) is 2.29. The first kappa shape index (κ1) is 13.6. The van der Waals surface area contributed by atoms with Crippen molar-refractivity contribution in [2.75, 3.05) is 37.3 Å². The van der Waals surface area contributed by atoms with Gasteiger partial charge in [0.05, 0.1) is 17.6 Å². The molecule has 1 fully saturated rings. The maximum absolute atomic E-state index is 10.1. The van der Waals surface area contributed by atoms with Crippen molar-refractivity contribution < 1.29 is 9.53 Å². The van der Waals surface area contributed by atoms with Crippen molar-refractivity contribution >= 4 is 17.8 Å². The maximum Gasteiger partial charge on any atom is 0.293 e. The minimum absolute atomic E-state index is 0.438. The van der Waals surface area contributed by atoms with E-state index in [4.69, 9.17) is 10.5 Å². The predicted octanol–water partition coefficient (Wildman–Crippen LogP) is 0.713. The Hall–Kier alpha value is -1.82. The van der Waals surface area contributed by atoms with Crippen LogP contribution in [0, 0.1) is 0 Å². The van der Waals surface area contributed by atoms with Gasteiger partial charge in [-0.15, -0.1) is 0 Å². The van der Waals surface area contributed by atoms with Gasteiger partial charge >= 0.3 is 0 Å². The molecule has 0 unspecified atom stereocenters. The SMILES string of the molecule is Nc1cnccc1NC1CCN(CCOC=O)CC1. The molecule has 0 bridgehead atoms. The van der Waals surface area contributed by atoms with Crippen molar-refractivity contribution in [3.63, 3.8) is 0 Å². The molecule has 1 aliphatic rings. The van der Waals surface area contributed by atoms with Crippen LogP contribution in [0.2, 0.25) is 0 Å². The number of anilines is 2. The van der Waals surface area contributed by atoms with Crippen LogP contribution < -0.4 is 11.1 Å². The van der Waals surface area contributed by atoms with Gasteiger partial charge in [-0.1, -0.05) is 0 Å². The van der Waals surface area contributed by atoms with Crippen molar-refractivity contribution in [3.05, 3.63) is 18.5 Å². The van der Waals surface area contributed by atoms with Crippen molar-refractivity contribution in [1.29, 1.82) is 0 Å². The molecule has 0 aromatic carbocycles. The third kappa shape index (κ3) is 4.10. The Morgan fingerprint density at radius 1 is 1.53 bits per heavy atom. The van der Waals surface area contributed by atoms with E-state index in [0.717, 1.165) is 38.2 Å². The molecule has 104 valence electrons. The second-order valence-electron chi connectivity index (χ2n) is 4.69. The third-order valence-corrected chi connectivity index (χ3v) is 3.39. The highest BCUT2D eigenvalue weighted by atomic mass is 16.5. The number of hydrogen-bond acceptors (Lipinski definition) is 6. The van der Waals surface area contributed by atoms with E-state index in [0.29, 0.717) is 24.8 Å². The van der Waals surface area contributed by atoms with E-state index in [2.05, 4.69) is 15.2 Å². The summed E-state index contributed by atoms with van der Waals surface area (Å²) in [6, 6.07) is 2.34. The van der Waals surface area contributed by atoms with E-state index in [-0.39, 0.29) is 0 Å². The summed E-state index contributed by atoms with van der Waals surface area (Å²) in [5.41, 5.74) is 7.50. The van der Waals surface area contributed by atoms with Gasteiger partial charge in [0.25, 0.3) is 6.47 Å². The zero-order valence-electron chi connectivity index (χ0n) is 10.9. The number of pyridine rings is 1. The summed E-state index contributed by atoms with van der Waals surface area (Å²) in [5.74, 6) is 0. The number of carbonyl (C=O) groups excluding carboxylic acids is 1. The molecular formula is C13H20N4O2. The Morgan fingerprint density at radius 3 is 3.00 bits per heavy atom. The van der Waals surface area contributed by atoms with E-state index >= 15 is 0 Å². The Kier molecular flexibility index (Phi) is 4.97. The molecule has 3 N–H and O–H groups in total. The Labute approximate surface area is 112 Å². The number of ether oxygens (including phenoxy) is 1. The number of nitrogens with one attached hydrogen (secondary N) is 1. The lowest BCUT2D eigenvalue weighted by Crippen LogP contribution is -2.40. The molecule has 19 heavy (non-hydrogen) atoms. The molecule has 2 rings (SSSR count). The molecule has 0 aliphatic carbocycles. The third-order valence-electron chi connectivity index (χ3n) is 3.39. The molecule has 0 amide bonds. The number of nitrogens with zero attached hydrogens (tertiary/aromatic N) is 2. The van der Waals surface area contributed by atoms with Crippen LogP contribution in [0.15, 0.2) is 18.5 Å².